The van der Waals surface area contributed by atoms with Gasteiger partial charge in [-0.3, -0.25) is 43.7 Å². The van der Waals surface area contributed by atoms with Gasteiger partial charge in [0.15, 0.2) is 0 Å². The van der Waals surface area contributed by atoms with Gasteiger partial charge in [-0.1, -0.05) is 6.07 Å². The molecule has 1 aromatic heterocycles. The summed E-state index contributed by atoms with van der Waals surface area (Å²) < 4.78 is 10.5. The van der Waals surface area contributed by atoms with Crippen LogP contribution in [-0.2, 0) is 51.3 Å². The van der Waals surface area contributed by atoms with Crippen molar-refractivity contribution in [2.45, 2.75) is 69.7 Å². The largest absolute Gasteiger partial charge is 0.468 e. The van der Waals surface area contributed by atoms with E-state index in [9.17, 15) is 59.4 Å². The van der Waals surface area contributed by atoms with Gasteiger partial charge in [0.25, 0.3) is 0 Å². The van der Waals surface area contributed by atoms with Crippen molar-refractivity contribution in [1.82, 2.24) is 35.6 Å². The fourth-order valence-electron chi connectivity index (χ4n) is 6.91. The number of esters is 2. The van der Waals surface area contributed by atoms with Crippen molar-refractivity contribution in [3.8, 4) is 0 Å². The first-order valence-electron chi connectivity index (χ1n) is 21.2. The third-order valence-electron chi connectivity index (χ3n) is 10.7. The minimum Gasteiger partial charge on any atom is -0.468 e. The Morgan fingerprint density at radius 2 is 0.953 bits per heavy atom. The van der Waals surface area contributed by atoms with Crippen molar-refractivity contribution < 1.29 is 114 Å². The Bertz CT molecular complexity index is 1490. The molecule has 0 saturated heterocycles. The van der Waals surface area contributed by atoms with Crippen molar-refractivity contribution in [2.24, 2.45) is 17.8 Å². The molecule has 1 aromatic rings. The van der Waals surface area contributed by atoms with E-state index < -0.39 is 105 Å². The third kappa shape index (κ3) is 21.6. The van der Waals surface area contributed by atoms with E-state index in [-0.39, 0.29) is 112 Å². The molecule has 368 valence electrons. The van der Waals surface area contributed by atoms with Gasteiger partial charge in [-0.05, 0) is 50.7 Å². The molecule has 3 amide bonds. The maximum atomic E-state index is 13.5. The molecule has 1 aliphatic heterocycles. The number of rotatable bonds is 27. The summed E-state index contributed by atoms with van der Waals surface area (Å²) >= 11 is 0. The maximum Gasteiger partial charge on any atom is 0.323 e. The van der Waals surface area contributed by atoms with E-state index in [0.717, 1.165) is 13.4 Å². The van der Waals surface area contributed by atoms with Crippen molar-refractivity contribution in [3.63, 3.8) is 0 Å². The minimum atomic E-state index is -0.991. The van der Waals surface area contributed by atoms with Gasteiger partial charge in [-0.15, -0.1) is 0 Å². The van der Waals surface area contributed by atoms with Gasteiger partial charge in [-0.2, -0.15) is 0 Å². The predicted octanol–water partition coefficient (Wildman–Crippen LogP) is -4.25. The SMILES string of the molecule is CO.COC(=O)C(CCCNC(=O)C(CO)CO)N1CCN(C(C=O)CCCNC(=O)C(CO)CO)Cc2cccc(n2)CN(C(CCCNC(=O)C(CO)CO)C(=O)OC)CC1.[Gd]. The second-order valence-electron chi connectivity index (χ2n) is 14.9. The molecule has 0 radical (unpaired) electrons. The summed E-state index contributed by atoms with van der Waals surface area (Å²) in [5.41, 5.74) is 1.24. The molecule has 23 heteroatoms. The minimum absolute atomic E-state index is 0. The summed E-state index contributed by atoms with van der Waals surface area (Å²) in [6.45, 7) is -1.33. The first-order chi connectivity index (χ1) is 30.4. The van der Waals surface area contributed by atoms with E-state index in [1.807, 2.05) is 26.8 Å². The molecular weight excluding hydrogens is 988 g/mol. The van der Waals surface area contributed by atoms with Crippen LogP contribution in [0.2, 0.25) is 0 Å². The summed E-state index contributed by atoms with van der Waals surface area (Å²) in [7, 11) is 3.53. The Kier molecular flexibility index (Phi) is 34.6. The Balaban J connectivity index is 0.0000130. The van der Waals surface area contributed by atoms with E-state index in [4.69, 9.17) is 19.6 Å². The number of amides is 3. The van der Waals surface area contributed by atoms with E-state index in [1.165, 1.54) is 14.2 Å². The number of pyridine rings is 1. The van der Waals surface area contributed by atoms with Crippen LogP contribution in [0.3, 0.4) is 0 Å². The summed E-state index contributed by atoms with van der Waals surface area (Å²) in [6, 6.07) is 3.15. The molecule has 3 unspecified atom stereocenters. The number of carbonyl (C=O) groups is 6. The van der Waals surface area contributed by atoms with Gasteiger partial charge in [-0.25, -0.2) is 0 Å². The topological polar surface area (TPSA) is 321 Å². The Morgan fingerprint density at radius 1 is 0.609 bits per heavy atom. The van der Waals surface area contributed by atoms with Crippen LogP contribution in [0.5, 0.6) is 0 Å². The number of aliphatic hydroxyl groups excluding tert-OH is 7. The number of nitrogens with zero attached hydrogens (tertiary/aromatic N) is 4. The van der Waals surface area contributed by atoms with Crippen LogP contribution in [0.1, 0.15) is 49.9 Å². The quantitative estimate of drug-likeness (QED) is 0.0227. The van der Waals surface area contributed by atoms with E-state index in [0.29, 0.717) is 37.1 Å². The molecule has 0 aliphatic carbocycles. The number of carbonyl (C=O) groups excluding carboxylic acids is 6. The molecule has 2 heterocycles. The maximum absolute atomic E-state index is 13.5. The van der Waals surface area contributed by atoms with Crippen LogP contribution >= 0.6 is 0 Å². The Hall–Kier alpha value is -2.91. The molecule has 0 saturated carbocycles. The summed E-state index contributed by atoms with van der Waals surface area (Å²) in [4.78, 5) is 87.3. The van der Waals surface area contributed by atoms with Gasteiger partial charge in [0.05, 0.1) is 89.0 Å². The number of methoxy groups -OCH3 is 2. The first kappa shape index (κ1) is 61.1. The normalized spacial score (nSPS) is 15.3. The van der Waals surface area contributed by atoms with Gasteiger partial charge < -0.3 is 66.0 Å². The van der Waals surface area contributed by atoms with Crippen molar-refractivity contribution in [3.05, 3.63) is 29.6 Å². The molecule has 0 aromatic carbocycles. The van der Waals surface area contributed by atoms with Crippen LogP contribution in [0.4, 0.5) is 0 Å². The molecule has 2 rings (SSSR count). The molecule has 0 spiro atoms. The zero-order valence-corrected chi connectivity index (χ0v) is 39.4. The molecule has 64 heavy (non-hydrogen) atoms. The van der Waals surface area contributed by atoms with Crippen LogP contribution < -0.4 is 16.0 Å². The number of fused-ring (bicyclic) bond motifs is 2. The zero-order chi connectivity index (χ0) is 47.2. The Morgan fingerprint density at radius 3 is 1.33 bits per heavy atom. The van der Waals surface area contributed by atoms with Crippen LogP contribution in [-0.4, -0.2) is 216 Å². The molecule has 10 N–H and O–H groups in total. The molecule has 22 nitrogen and oxygen atoms in total. The summed E-state index contributed by atoms with van der Waals surface area (Å²) in [6.07, 6.45) is 2.66. The monoisotopic (exact) mass is 1060 g/mol. The Labute approximate surface area is 407 Å². The number of aromatic nitrogens is 1. The number of aliphatic hydroxyl groups is 7. The van der Waals surface area contributed by atoms with Gasteiger partial charge in [0, 0.05) is 106 Å². The average Bonchev–Trinajstić information content (AvgIpc) is 3.29. The summed E-state index contributed by atoms with van der Waals surface area (Å²) in [5, 5.41) is 71.3. The fourth-order valence-corrected chi connectivity index (χ4v) is 6.91. The second kappa shape index (κ2) is 36.2. The molecule has 1 aliphatic rings. The number of hydrogen-bond donors (Lipinski definition) is 10. The fraction of sp³-hybridized carbons (Fsp3) is 0.732. The van der Waals surface area contributed by atoms with Crippen LogP contribution in [0.25, 0.3) is 0 Å². The van der Waals surface area contributed by atoms with Crippen molar-refractivity contribution in [1.29, 1.82) is 0 Å². The van der Waals surface area contributed by atoms with Crippen LogP contribution in [0.15, 0.2) is 18.2 Å². The summed E-state index contributed by atoms with van der Waals surface area (Å²) in [5.74, 6) is -5.57. The van der Waals surface area contributed by atoms with Gasteiger partial charge >= 0.3 is 11.9 Å². The van der Waals surface area contributed by atoms with E-state index >= 15 is 0 Å². The molecule has 0 fully saturated rings. The predicted molar refractivity (Wildman–Crippen MR) is 226 cm³/mol. The number of hydrogen-bond acceptors (Lipinski definition) is 19. The first-order valence-corrected chi connectivity index (χ1v) is 21.2. The number of nitrogens with one attached hydrogen (secondary N) is 3. The molecule has 2 bridgehead atoms. The number of aldehydes is 1. The van der Waals surface area contributed by atoms with E-state index in [1.54, 1.807) is 6.07 Å². The zero-order valence-electron chi connectivity index (χ0n) is 37.2. The van der Waals surface area contributed by atoms with Crippen molar-refractivity contribution in [2.75, 3.05) is 107 Å². The average molecular weight is 1060 g/mol. The van der Waals surface area contributed by atoms with E-state index in [2.05, 4.69) is 16.0 Å². The number of ether oxygens (including phenoxy) is 2. The van der Waals surface area contributed by atoms with Gasteiger partial charge in [0.2, 0.25) is 17.7 Å². The van der Waals surface area contributed by atoms with Gasteiger partial charge in [0.1, 0.15) is 18.4 Å². The van der Waals surface area contributed by atoms with Crippen LogP contribution in [0, 0.1) is 57.7 Å². The smallest absolute Gasteiger partial charge is 0.323 e. The standard InChI is InChI=1S/C40H67N7O14.CH4O.Gd/c1-60-39(58)34(10-5-13-42-37(56)29(23-50)24-51)45-15-17-46(33(27-54)9-4-12-41-36(55)28(21-48)22-49)19-31-7-3-8-32(44-31)20-47(18-16-45)35(40(59)61-2)11-6-14-43-38(57)30(25-52)26-53;1-2;/h3,7-8,27-30,33-35,48-53H,4-6,9-26H2,1-2H3,(H,41,55)(H,42,56)(H,43,57);2H,1H3;. The second-order valence-corrected chi connectivity index (χ2v) is 14.9. The molecular formula is C41H71GdN7O15. The third-order valence-corrected chi connectivity index (χ3v) is 10.7. The molecule has 3 atom stereocenters. The van der Waals surface area contributed by atoms with Crippen molar-refractivity contribution >= 4 is 35.9 Å².